The second kappa shape index (κ2) is 5.83. The van der Waals surface area contributed by atoms with Gasteiger partial charge in [0.1, 0.15) is 0 Å². The molecule has 0 fully saturated rings. The summed E-state index contributed by atoms with van der Waals surface area (Å²) in [5, 5.41) is 1.18. The van der Waals surface area contributed by atoms with E-state index in [0.717, 1.165) is 18.4 Å². The molecule has 132 valence electrons. The first-order valence-electron chi connectivity index (χ1n) is 9.19. The highest BCUT2D eigenvalue weighted by molar-refractivity contribution is 5.99. The smallest absolute Gasteiger partial charge is 0.254 e. The summed E-state index contributed by atoms with van der Waals surface area (Å²) in [6.07, 6.45) is 6.57. The van der Waals surface area contributed by atoms with Gasteiger partial charge in [0.2, 0.25) is 0 Å². The summed E-state index contributed by atoms with van der Waals surface area (Å²) in [5.41, 5.74) is 5.83. The van der Waals surface area contributed by atoms with Crippen LogP contribution in [0.25, 0.3) is 10.9 Å². The number of aromatic amines is 2. The van der Waals surface area contributed by atoms with Gasteiger partial charge in [-0.2, -0.15) is 0 Å². The van der Waals surface area contributed by atoms with Crippen molar-refractivity contribution in [3.63, 3.8) is 0 Å². The van der Waals surface area contributed by atoms with E-state index in [4.69, 9.17) is 0 Å². The molecule has 0 spiro atoms. The van der Waals surface area contributed by atoms with Crippen LogP contribution in [0.5, 0.6) is 0 Å². The predicted octanol–water partition coefficient (Wildman–Crippen LogP) is 2.33. The average molecular weight is 348 g/mol. The zero-order chi connectivity index (χ0) is 17.7. The van der Waals surface area contributed by atoms with Crippen molar-refractivity contribution in [1.82, 2.24) is 19.9 Å². The molecule has 6 heteroatoms. The van der Waals surface area contributed by atoms with E-state index in [0.29, 0.717) is 36.3 Å². The molecule has 0 bridgehead atoms. The van der Waals surface area contributed by atoms with Gasteiger partial charge in [-0.15, -0.1) is 0 Å². The van der Waals surface area contributed by atoms with Gasteiger partial charge in [-0.1, -0.05) is 0 Å². The van der Waals surface area contributed by atoms with Crippen molar-refractivity contribution < 1.29 is 4.79 Å². The first kappa shape index (κ1) is 15.4. The maximum Gasteiger partial charge on any atom is 0.254 e. The lowest BCUT2D eigenvalue weighted by molar-refractivity contribution is 0.0731. The number of hydrogen-bond acceptors (Lipinski definition) is 3. The minimum atomic E-state index is -0.0949. The number of nitrogens with zero attached hydrogens (tertiary/aromatic N) is 2. The summed E-state index contributed by atoms with van der Waals surface area (Å²) in [5.74, 6) is 0.00499. The van der Waals surface area contributed by atoms with Crippen molar-refractivity contribution in [3.8, 4) is 0 Å². The highest BCUT2D eigenvalue weighted by atomic mass is 16.2. The van der Waals surface area contributed by atoms with E-state index < -0.39 is 0 Å². The second-order valence-electron chi connectivity index (χ2n) is 7.18. The standard InChI is InChI=1S/C20H20N4O2/c25-19-14-7-8-24(10-18(14)21-11-22-19)20(26)12-5-6-17-15(9-12)13-3-1-2-4-16(13)23-17/h5-6,9,11,23H,1-4,7-8,10H2,(H,21,22,25). The van der Waals surface area contributed by atoms with Crippen LogP contribution in [-0.4, -0.2) is 32.3 Å². The fraction of sp³-hybridized carbons (Fsp3) is 0.350. The summed E-state index contributed by atoms with van der Waals surface area (Å²) < 4.78 is 0. The third-order valence-electron chi connectivity index (χ3n) is 5.64. The lowest BCUT2D eigenvalue weighted by Crippen LogP contribution is -2.38. The van der Waals surface area contributed by atoms with Gasteiger partial charge in [-0.05, 0) is 55.9 Å². The van der Waals surface area contributed by atoms with E-state index in [9.17, 15) is 9.59 Å². The van der Waals surface area contributed by atoms with Crippen LogP contribution in [0, 0.1) is 0 Å². The van der Waals surface area contributed by atoms with Gasteiger partial charge >= 0.3 is 0 Å². The predicted molar refractivity (Wildman–Crippen MR) is 98.2 cm³/mol. The number of benzene rings is 1. The summed E-state index contributed by atoms with van der Waals surface area (Å²) in [6, 6.07) is 5.94. The van der Waals surface area contributed by atoms with Gasteiger partial charge in [0.25, 0.3) is 11.5 Å². The first-order chi connectivity index (χ1) is 12.7. The van der Waals surface area contributed by atoms with Gasteiger partial charge in [-0.25, -0.2) is 4.98 Å². The Kier molecular flexibility index (Phi) is 3.45. The van der Waals surface area contributed by atoms with E-state index in [-0.39, 0.29) is 11.5 Å². The molecule has 0 unspecified atom stereocenters. The Morgan fingerprint density at radius 3 is 2.92 bits per heavy atom. The van der Waals surface area contributed by atoms with Crippen LogP contribution in [-0.2, 0) is 25.8 Å². The number of H-pyrrole nitrogens is 2. The molecule has 1 aromatic carbocycles. The van der Waals surface area contributed by atoms with Gasteiger partial charge in [0, 0.05) is 34.3 Å². The Morgan fingerprint density at radius 1 is 1.12 bits per heavy atom. The normalized spacial score (nSPS) is 16.4. The molecule has 1 aliphatic heterocycles. The number of rotatable bonds is 1. The van der Waals surface area contributed by atoms with E-state index >= 15 is 0 Å². The molecule has 0 radical (unpaired) electrons. The van der Waals surface area contributed by atoms with Crippen molar-refractivity contribution in [3.05, 3.63) is 63.0 Å². The number of hydrogen-bond donors (Lipinski definition) is 2. The van der Waals surface area contributed by atoms with Crippen LogP contribution < -0.4 is 5.56 Å². The maximum absolute atomic E-state index is 13.0. The van der Waals surface area contributed by atoms with Gasteiger partial charge in [-0.3, -0.25) is 9.59 Å². The Hall–Kier alpha value is -2.89. The summed E-state index contributed by atoms with van der Waals surface area (Å²) in [7, 11) is 0. The fourth-order valence-electron chi connectivity index (χ4n) is 4.26. The largest absolute Gasteiger partial charge is 0.358 e. The zero-order valence-electron chi connectivity index (χ0n) is 14.5. The van der Waals surface area contributed by atoms with Crippen molar-refractivity contribution in [2.45, 2.75) is 38.6 Å². The lowest BCUT2D eigenvalue weighted by Gasteiger charge is -2.27. The molecule has 1 amide bonds. The Morgan fingerprint density at radius 2 is 2.00 bits per heavy atom. The molecule has 0 saturated heterocycles. The average Bonchev–Trinajstić information content (AvgIpc) is 3.05. The quantitative estimate of drug-likeness (QED) is 0.708. The van der Waals surface area contributed by atoms with Crippen LogP contribution in [0.3, 0.4) is 0 Å². The van der Waals surface area contributed by atoms with Crippen molar-refractivity contribution >= 4 is 16.8 Å². The van der Waals surface area contributed by atoms with Crippen molar-refractivity contribution in [1.29, 1.82) is 0 Å². The Labute approximate surface area is 150 Å². The Bertz CT molecular complexity index is 1080. The molecular formula is C20H20N4O2. The summed E-state index contributed by atoms with van der Waals surface area (Å²) in [6.45, 7) is 0.936. The maximum atomic E-state index is 13.0. The van der Waals surface area contributed by atoms with Crippen LogP contribution in [0.1, 0.15) is 45.7 Å². The minimum absolute atomic E-state index is 0.00499. The van der Waals surface area contributed by atoms with Crippen molar-refractivity contribution in [2.75, 3.05) is 6.54 Å². The summed E-state index contributed by atoms with van der Waals surface area (Å²) >= 11 is 0. The van der Waals surface area contributed by atoms with Gasteiger partial charge < -0.3 is 14.9 Å². The number of aromatic nitrogens is 3. The van der Waals surface area contributed by atoms with Crippen LogP contribution in [0.15, 0.2) is 29.3 Å². The monoisotopic (exact) mass is 348 g/mol. The van der Waals surface area contributed by atoms with E-state index in [2.05, 4.69) is 15.0 Å². The second-order valence-corrected chi connectivity index (χ2v) is 7.18. The topological polar surface area (TPSA) is 81.8 Å². The molecule has 0 saturated carbocycles. The van der Waals surface area contributed by atoms with Crippen molar-refractivity contribution in [2.24, 2.45) is 0 Å². The number of nitrogens with one attached hydrogen (secondary N) is 2. The third-order valence-corrected chi connectivity index (χ3v) is 5.64. The number of fused-ring (bicyclic) bond motifs is 4. The highest BCUT2D eigenvalue weighted by Gasteiger charge is 2.25. The molecule has 1 aliphatic carbocycles. The molecule has 2 aromatic heterocycles. The molecular weight excluding hydrogens is 328 g/mol. The van der Waals surface area contributed by atoms with Crippen LogP contribution in [0.2, 0.25) is 0 Å². The van der Waals surface area contributed by atoms with Crippen LogP contribution >= 0.6 is 0 Å². The summed E-state index contributed by atoms with van der Waals surface area (Å²) in [4.78, 5) is 37.0. The molecule has 2 aliphatic rings. The fourth-order valence-corrected chi connectivity index (χ4v) is 4.26. The SMILES string of the molecule is O=C(c1ccc2[nH]c3c(c2c1)CCCC3)N1CCc2c(nc[nH]c2=O)C1. The highest BCUT2D eigenvalue weighted by Crippen LogP contribution is 2.30. The molecule has 3 heterocycles. The van der Waals surface area contributed by atoms with E-state index in [1.807, 2.05) is 18.2 Å². The molecule has 3 aromatic rings. The number of aryl methyl sites for hydroxylation is 2. The Balaban J connectivity index is 1.48. The third kappa shape index (κ3) is 2.36. The van der Waals surface area contributed by atoms with E-state index in [1.54, 1.807) is 4.90 Å². The van der Waals surface area contributed by atoms with Gasteiger partial charge in [0.15, 0.2) is 0 Å². The number of amides is 1. The molecule has 0 atom stereocenters. The number of carbonyl (C=O) groups excluding carboxylic acids is 1. The zero-order valence-corrected chi connectivity index (χ0v) is 14.5. The lowest BCUT2D eigenvalue weighted by atomic mass is 9.95. The molecule has 26 heavy (non-hydrogen) atoms. The minimum Gasteiger partial charge on any atom is -0.358 e. The molecule has 2 N–H and O–H groups in total. The molecule has 5 rings (SSSR count). The van der Waals surface area contributed by atoms with Gasteiger partial charge in [0.05, 0.1) is 18.6 Å². The first-order valence-corrected chi connectivity index (χ1v) is 9.19. The molecule has 6 nitrogen and oxygen atoms in total. The van der Waals surface area contributed by atoms with Crippen LogP contribution in [0.4, 0.5) is 0 Å². The van der Waals surface area contributed by atoms with E-state index in [1.165, 1.54) is 35.8 Å². The number of carbonyl (C=O) groups is 1.